The van der Waals surface area contributed by atoms with E-state index in [0.717, 1.165) is 54.9 Å². The van der Waals surface area contributed by atoms with Crippen molar-refractivity contribution in [1.82, 2.24) is 0 Å². The van der Waals surface area contributed by atoms with Gasteiger partial charge in [-0.2, -0.15) is 0 Å². The van der Waals surface area contributed by atoms with E-state index in [9.17, 15) is 19.5 Å². The Balaban J connectivity index is 3.63. The van der Waals surface area contributed by atoms with Crippen molar-refractivity contribution in [2.75, 3.05) is 22.9 Å². The van der Waals surface area contributed by atoms with E-state index >= 15 is 0 Å². The van der Waals surface area contributed by atoms with Crippen LogP contribution >= 0.6 is 67.8 Å². The van der Waals surface area contributed by atoms with Gasteiger partial charge in [-0.3, -0.25) is 9.59 Å². The average molecular weight is 782 g/mol. The van der Waals surface area contributed by atoms with Crippen LogP contribution in [0.2, 0.25) is 0 Å². The monoisotopic (exact) mass is 782 g/mol. The summed E-state index contributed by atoms with van der Waals surface area (Å²) >= 11 is 6.24. The first-order valence-electron chi connectivity index (χ1n) is 11.1. The largest absolute Gasteiger partial charge is 0.478 e. The van der Waals surface area contributed by atoms with Crippen LogP contribution in [0, 0.1) is 10.7 Å². The van der Waals surface area contributed by atoms with Crippen LogP contribution in [0.3, 0.4) is 0 Å². The maximum Gasteiger partial charge on any atom is 0.338 e. The van der Waals surface area contributed by atoms with Crippen molar-refractivity contribution in [3.05, 3.63) is 16.3 Å². The lowest BCUT2D eigenvalue weighted by atomic mass is 10.1. The second kappa shape index (κ2) is 14.9. The third-order valence-electron chi connectivity index (χ3n) is 5.26. The van der Waals surface area contributed by atoms with Crippen LogP contribution in [0.4, 0.5) is 11.4 Å². The molecule has 180 valence electrons. The zero-order valence-corrected chi connectivity index (χ0v) is 25.7. The van der Waals surface area contributed by atoms with E-state index < -0.39 is 5.97 Å². The first-order chi connectivity index (χ1) is 15.1. The molecule has 0 bridgehead atoms. The molecule has 32 heavy (non-hydrogen) atoms. The number of unbranched alkanes of at least 4 members (excludes halogenated alkanes) is 6. The number of carbonyl (C=O) groups is 3. The molecular formula is C23H33I3N2O4. The molecule has 0 unspecified atom stereocenters. The number of anilines is 2. The Labute approximate surface area is 232 Å². The highest BCUT2D eigenvalue weighted by molar-refractivity contribution is 14.1. The number of carboxylic acid groups (broad SMARTS) is 1. The normalized spacial score (nSPS) is 10.8. The van der Waals surface area contributed by atoms with Crippen LogP contribution in [0.5, 0.6) is 0 Å². The lowest BCUT2D eigenvalue weighted by Gasteiger charge is -2.31. The second-order valence-corrected chi connectivity index (χ2v) is 11.0. The number of rotatable bonds is 13. The van der Waals surface area contributed by atoms with Gasteiger partial charge in [-0.15, -0.1) is 0 Å². The molecular weight excluding hydrogens is 749 g/mol. The summed E-state index contributed by atoms with van der Waals surface area (Å²) < 4.78 is 1.82. The van der Waals surface area contributed by atoms with Crippen molar-refractivity contribution >= 4 is 96.9 Å². The first-order valence-corrected chi connectivity index (χ1v) is 14.3. The van der Waals surface area contributed by atoms with Gasteiger partial charge >= 0.3 is 5.97 Å². The van der Waals surface area contributed by atoms with Gasteiger partial charge in [0.15, 0.2) is 0 Å². The summed E-state index contributed by atoms with van der Waals surface area (Å²) in [7, 11) is 0. The summed E-state index contributed by atoms with van der Waals surface area (Å²) in [6.07, 6.45) is 8.08. The maximum absolute atomic E-state index is 12.6. The minimum Gasteiger partial charge on any atom is -0.478 e. The summed E-state index contributed by atoms with van der Waals surface area (Å²) in [5.41, 5.74) is 1.35. The van der Waals surface area contributed by atoms with Gasteiger partial charge in [0, 0.05) is 26.9 Å². The molecule has 9 heteroatoms. The van der Waals surface area contributed by atoms with Gasteiger partial charge in [-0.05, 0) is 80.6 Å². The van der Waals surface area contributed by atoms with Gasteiger partial charge in [-0.1, -0.05) is 52.4 Å². The topological polar surface area (TPSA) is 77.9 Å². The van der Waals surface area contributed by atoms with Gasteiger partial charge in [0.05, 0.1) is 27.6 Å². The highest BCUT2D eigenvalue weighted by Crippen LogP contribution is 2.43. The van der Waals surface area contributed by atoms with Crippen LogP contribution in [0.25, 0.3) is 0 Å². The fourth-order valence-corrected chi connectivity index (χ4v) is 8.34. The summed E-state index contributed by atoms with van der Waals surface area (Å²) in [6.45, 7) is 8.34. The fourth-order valence-electron chi connectivity index (χ4n) is 3.55. The zero-order chi connectivity index (χ0) is 24.4. The number of halogens is 3. The molecule has 0 saturated carbocycles. The summed E-state index contributed by atoms with van der Waals surface area (Å²) in [4.78, 5) is 40.8. The predicted octanol–water partition coefficient (Wildman–Crippen LogP) is 7.07. The maximum atomic E-state index is 12.6. The van der Waals surface area contributed by atoms with E-state index in [-0.39, 0.29) is 17.4 Å². The molecule has 1 rings (SSSR count). The Morgan fingerprint density at radius 3 is 1.34 bits per heavy atom. The molecule has 0 radical (unpaired) electrons. The number of benzene rings is 1. The molecule has 0 aliphatic carbocycles. The molecule has 6 nitrogen and oxygen atoms in total. The number of hydrogen-bond donors (Lipinski definition) is 1. The zero-order valence-electron chi connectivity index (χ0n) is 19.3. The number of nitrogens with zero attached hydrogens (tertiary/aromatic N) is 2. The van der Waals surface area contributed by atoms with E-state index in [4.69, 9.17) is 0 Å². The molecule has 1 aromatic carbocycles. The van der Waals surface area contributed by atoms with Crippen LogP contribution < -0.4 is 9.80 Å². The molecule has 0 atom stereocenters. The molecule has 1 aromatic rings. The van der Waals surface area contributed by atoms with Gasteiger partial charge in [0.2, 0.25) is 11.8 Å². The Bertz CT molecular complexity index is 773. The number of aromatic carboxylic acids is 1. The minimum absolute atomic E-state index is 0.127. The molecule has 0 saturated heterocycles. The van der Waals surface area contributed by atoms with Gasteiger partial charge < -0.3 is 14.9 Å². The van der Waals surface area contributed by atoms with Crippen LogP contribution in [0.15, 0.2) is 0 Å². The smallest absolute Gasteiger partial charge is 0.338 e. The standard InChI is InChI=1S/C23H33I3N2O4/c1-5-7-9-11-13-27(15(3)29)21-18(24)17(23(31)32)19(25)22(20(21)26)28(16(4)30)14-12-10-8-6-2/h5-14H2,1-4H3,(H,31,32). The molecule has 0 heterocycles. The van der Waals surface area contributed by atoms with Gasteiger partial charge in [0.1, 0.15) is 0 Å². The molecule has 0 aromatic heterocycles. The average Bonchev–Trinajstić information content (AvgIpc) is 2.70. The van der Waals surface area contributed by atoms with Crippen LogP contribution in [-0.2, 0) is 9.59 Å². The summed E-state index contributed by atoms with van der Waals surface area (Å²) in [6, 6.07) is 0. The first kappa shape index (κ1) is 29.9. The Morgan fingerprint density at radius 1 is 0.688 bits per heavy atom. The SMILES string of the molecule is CCCCCCN(C(C)=O)c1c(I)c(C(=O)O)c(I)c(N(CCCCCC)C(C)=O)c1I. The molecule has 0 spiro atoms. The van der Waals surface area contributed by atoms with Crippen LogP contribution in [0.1, 0.15) is 89.4 Å². The molecule has 1 N–H and O–H groups in total. The Hall–Kier alpha value is -0.180. The number of amides is 2. The van der Waals surface area contributed by atoms with E-state index in [1.165, 1.54) is 13.8 Å². The minimum atomic E-state index is -1.05. The van der Waals surface area contributed by atoms with Crippen molar-refractivity contribution < 1.29 is 19.5 Å². The fraction of sp³-hybridized carbons (Fsp3) is 0.609. The third kappa shape index (κ3) is 7.95. The summed E-state index contributed by atoms with van der Waals surface area (Å²) in [5.74, 6) is -1.31. The molecule has 0 aliphatic heterocycles. The van der Waals surface area contributed by atoms with Crippen molar-refractivity contribution in [2.24, 2.45) is 0 Å². The van der Waals surface area contributed by atoms with Crippen molar-refractivity contribution in [3.63, 3.8) is 0 Å². The van der Waals surface area contributed by atoms with Crippen molar-refractivity contribution in [3.8, 4) is 0 Å². The second-order valence-electron chi connectivity index (χ2n) is 7.78. The third-order valence-corrected chi connectivity index (χ3v) is 8.38. The lowest BCUT2D eigenvalue weighted by molar-refractivity contribution is -0.117. The van der Waals surface area contributed by atoms with E-state index in [0.29, 0.717) is 31.6 Å². The van der Waals surface area contributed by atoms with Gasteiger partial charge in [0.25, 0.3) is 0 Å². The van der Waals surface area contributed by atoms with E-state index in [1.54, 1.807) is 9.80 Å². The number of carbonyl (C=O) groups excluding carboxylic acids is 2. The summed E-state index contributed by atoms with van der Waals surface area (Å²) in [5, 5.41) is 10.0. The van der Waals surface area contributed by atoms with Crippen molar-refractivity contribution in [2.45, 2.75) is 79.1 Å². The van der Waals surface area contributed by atoms with E-state index in [2.05, 4.69) is 36.4 Å². The van der Waals surface area contributed by atoms with Crippen LogP contribution in [-0.4, -0.2) is 36.0 Å². The van der Waals surface area contributed by atoms with E-state index in [1.807, 2.05) is 45.2 Å². The number of hydrogen-bond acceptors (Lipinski definition) is 3. The molecule has 0 aliphatic rings. The molecule has 0 fully saturated rings. The Morgan fingerprint density at radius 2 is 1.06 bits per heavy atom. The van der Waals surface area contributed by atoms with Crippen molar-refractivity contribution in [1.29, 1.82) is 0 Å². The Kier molecular flexibility index (Phi) is 13.9. The highest BCUT2D eigenvalue weighted by Gasteiger charge is 2.31. The quantitative estimate of drug-likeness (QED) is 0.172. The lowest BCUT2D eigenvalue weighted by Crippen LogP contribution is -2.35. The van der Waals surface area contributed by atoms with Gasteiger partial charge in [-0.25, -0.2) is 4.79 Å². The number of carboxylic acids is 1. The predicted molar refractivity (Wildman–Crippen MR) is 156 cm³/mol. The molecule has 2 amide bonds. The highest BCUT2D eigenvalue weighted by atomic mass is 127.